The van der Waals surface area contributed by atoms with Crippen LogP contribution in [0.15, 0.2) is 42.5 Å². The standard InChI is InChI=1S/C23H26N2O3/c1-3-8-19(9-4-1)18-28-21-12-11-20(24-22(21)23-26-16-17-27-23)10-7-15-25-13-5-2-6-14-25/h1,3-4,8-9,11-12,23H,2,5-6,13-18H2. The van der Waals surface area contributed by atoms with Gasteiger partial charge in [-0.1, -0.05) is 42.7 Å². The third kappa shape index (κ3) is 5.11. The summed E-state index contributed by atoms with van der Waals surface area (Å²) in [6, 6.07) is 13.9. The molecular weight excluding hydrogens is 352 g/mol. The van der Waals surface area contributed by atoms with E-state index in [1.54, 1.807) is 0 Å². The zero-order valence-corrected chi connectivity index (χ0v) is 16.1. The number of likely N-dealkylation sites (tertiary alicyclic amines) is 1. The molecule has 0 bridgehead atoms. The highest BCUT2D eigenvalue weighted by atomic mass is 16.7. The van der Waals surface area contributed by atoms with Gasteiger partial charge in [0.25, 0.3) is 0 Å². The minimum atomic E-state index is -0.491. The van der Waals surface area contributed by atoms with E-state index in [1.807, 2.05) is 42.5 Å². The summed E-state index contributed by atoms with van der Waals surface area (Å²) in [5.41, 5.74) is 2.49. The number of ether oxygens (including phenoxy) is 3. The Bertz CT molecular complexity index is 817. The zero-order chi connectivity index (χ0) is 19.0. The van der Waals surface area contributed by atoms with E-state index < -0.39 is 6.29 Å². The number of hydrogen-bond acceptors (Lipinski definition) is 5. The van der Waals surface area contributed by atoms with E-state index in [1.165, 1.54) is 19.3 Å². The van der Waals surface area contributed by atoms with Crippen LogP contribution in [0.5, 0.6) is 5.75 Å². The van der Waals surface area contributed by atoms with Crippen LogP contribution in [0.1, 0.15) is 42.5 Å². The monoisotopic (exact) mass is 378 g/mol. The van der Waals surface area contributed by atoms with Crippen LogP contribution in [0.3, 0.4) is 0 Å². The van der Waals surface area contributed by atoms with Gasteiger partial charge in [-0.15, -0.1) is 0 Å². The Morgan fingerprint density at radius 1 is 1.00 bits per heavy atom. The van der Waals surface area contributed by atoms with Gasteiger partial charge in [0, 0.05) is 0 Å². The lowest BCUT2D eigenvalue weighted by atomic mass is 10.1. The van der Waals surface area contributed by atoms with Crippen LogP contribution in [-0.2, 0) is 16.1 Å². The van der Waals surface area contributed by atoms with Crippen molar-refractivity contribution in [2.45, 2.75) is 32.2 Å². The first-order valence-electron chi connectivity index (χ1n) is 10.0. The molecule has 0 N–H and O–H groups in total. The first-order valence-corrected chi connectivity index (χ1v) is 10.0. The van der Waals surface area contributed by atoms with Gasteiger partial charge in [0.05, 0.1) is 19.8 Å². The minimum absolute atomic E-state index is 0.474. The maximum atomic E-state index is 6.01. The quantitative estimate of drug-likeness (QED) is 0.745. The number of hydrogen-bond donors (Lipinski definition) is 0. The Morgan fingerprint density at radius 2 is 1.79 bits per heavy atom. The lowest BCUT2D eigenvalue weighted by Gasteiger charge is -2.23. The van der Waals surface area contributed by atoms with Gasteiger partial charge in [-0.3, -0.25) is 4.90 Å². The van der Waals surface area contributed by atoms with Crippen molar-refractivity contribution in [3.63, 3.8) is 0 Å². The van der Waals surface area contributed by atoms with E-state index in [-0.39, 0.29) is 0 Å². The van der Waals surface area contributed by atoms with Gasteiger partial charge in [-0.2, -0.15) is 0 Å². The molecule has 5 nitrogen and oxygen atoms in total. The van der Waals surface area contributed by atoms with Crippen LogP contribution >= 0.6 is 0 Å². The molecule has 3 heterocycles. The van der Waals surface area contributed by atoms with Crippen LogP contribution in [0.2, 0.25) is 0 Å². The number of rotatable bonds is 5. The van der Waals surface area contributed by atoms with E-state index in [0.717, 1.165) is 30.9 Å². The van der Waals surface area contributed by atoms with Crippen molar-refractivity contribution < 1.29 is 14.2 Å². The average molecular weight is 378 g/mol. The summed E-state index contributed by atoms with van der Waals surface area (Å²) in [5, 5.41) is 0. The van der Waals surface area contributed by atoms with Crippen molar-refractivity contribution in [1.29, 1.82) is 0 Å². The Kier molecular flexibility index (Phi) is 6.56. The van der Waals surface area contributed by atoms with Crippen LogP contribution in [0.4, 0.5) is 0 Å². The van der Waals surface area contributed by atoms with Crippen LogP contribution in [0, 0.1) is 11.8 Å². The van der Waals surface area contributed by atoms with Crippen molar-refractivity contribution in [2.75, 3.05) is 32.8 Å². The van der Waals surface area contributed by atoms with Crippen molar-refractivity contribution in [2.24, 2.45) is 0 Å². The molecule has 1 aromatic carbocycles. The van der Waals surface area contributed by atoms with Crippen molar-refractivity contribution in [1.82, 2.24) is 9.88 Å². The Balaban J connectivity index is 1.47. The molecule has 2 fully saturated rings. The summed E-state index contributed by atoms with van der Waals surface area (Å²) < 4.78 is 17.3. The van der Waals surface area contributed by atoms with Gasteiger partial charge in [-0.05, 0) is 49.5 Å². The average Bonchev–Trinajstić information content (AvgIpc) is 3.29. The maximum Gasteiger partial charge on any atom is 0.205 e. The fourth-order valence-corrected chi connectivity index (χ4v) is 3.43. The fraction of sp³-hybridized carbons (Fsp3) is 0.435. The van der Waals surface area contributed by atoms with Gasteiger partial charge in [0.15, 0.2) is 0 Å². The zero-order valence-electron chi connectivity index (χ0n) is 16.1. The molecule has 0 radical (unpaired) electrons. The summed E-state index contributed by atoms with van der Waals surface area (Å²) in [5.74, 6) is 7.12. The van der Waals surface area contributed by atoms with Gasteiger partial charge >= 0.3 is 0 Å². The van der Waals surface area contributed by atoms with E-state index in [4.69, 9.17) is 14.2 Å². The molecule has 0 spiro atoms. The first kappa shape index (κ1) is 18.9. The highest BCUT2D eigenvalue weighted by molar-refractivity contribution is 5.37. The molecule has 2 aliphatic rings. The van der Waals surface area contributed by atoms with E-state index in [9.17, 15) is 0 Å². The van der Waals surface area contributed by atoms with E-state index in [0.29, 0.717) is 31.3 Å². The normalized spacial score (nSPS) is 17.9. The Hall–Kier alpha value is -2.39. The minimum Gasteiger partial charge on any atom is -0.487 e. The second kappa shape index (κ2) is 9.70. The molecule has 146 valence electrons. The summed E-state index contributed by atoms with van der Waals surface area (Å²) >= 11 is 0. The molecule has 2 aromatic rings. The van der Waals surface area contributed by atoms with Gasteiger partial charge < -0.3 is 14.2 Å². The van der Waals surface area contributed by atoms with E-state index >= 15 is 0 Å². The molecule has 0 unspecified atom stereocenters. The number of benzene rings is 1. The topological polar surface area (TPSA) is 43.8 Å². The smallest absolute Gasteiger partial charge is 0.205 e. The van der Waals surface area contributed by atoms with Crippen LogP contribution in [0.25, 0.3) is 0 Å². The second-order valence-corrected chi connectivity index (χ2v) is 7.07. The van der Waals surface area contributed by atoms with Gasteiger partial charge in [0.2, 0.25) is 6.29 Å². The molecule has 2 aliphatic heterocycles. The molecule has 5 heteroatoms. The van der Waals surface area contributed by atoms with Gasteiger partial charge in [-0.25, -0.2) is 4.98 Å². The molecule has 0 saturated carbocycles. The summed E-state index contributed by atoms with van der Waals surface area (Å²) in [6.45, 7) is 4.68. The van der Waals surface area contributed by atoms with E-state index in [2.05, 4.69) is 21.7 Å². The predicted octanol–water partition coefficient (Wildman–Crippen LogP) is 3.54. The number of aromatic nitrogens is 1. The molecule has 0 aliphatic carbocycles. The fourth-order valence-electron chi connectivity index (χ4n) is 3.43. The predicted molar refractivity (Wildman–Crippen MR) is 107 cm³/mol. The lowest BCUT2D eigenvalue weighted by Crippen LogP contribution is -2.29. The highest BCUT2D eigenvalue weighted by Gasteiger charge is 2.24. The third-order valence-corrected chi connectivity index (χ3v) is 4.94. The SMILES string of the molecule is C(#Cc1ccc(OCc2ccccc2)c(C2OCCO2)n1)CN1CCCCC1. The Morgan fingerprint density at radius 3 is 2.57 bits per heavy atom. The molecule has 2 saturated heterocycles. The van der Waals surface area contributed by atoms with Gasteiger partial charge in [0.1, 0.15) is 23.7 Å². The number of nitrogens with zero attached hydrogens (tertiary/aromatic N) is 2. The summed E-state index contributed by atoms with van der Waals surface area (Å²) in [4.78, 5) is 7.08. The van der Waals surface area contributed by atoms with Crippen molar-refractivity contribution in [3.05, 3.63) is 59.4 Å². The van der Waals surface area contributed by atoms with Crippen molar-refractivity contribution >= 4 is 0 Å². The third-order valence-electron chi connectivity index (χ3n) is 4.94. The summed E-state index contributed by atoms with van der Waals surface area (Å²) in [7, 11) is 0. The van der Waals surface area contributed by atoms with Crippen molar-refractivity contribution in [3.8, 4) is 17.6 Å². The number of piperidine rings is 1. The molecule has 0 atom stereocenters. The molecule has 0 amide bonds. The maximum absolute atomic E-state index is 6.01. The highest BCUT2D eigenvalue weighted by Crippen LogP contribution is 2.30. The van der Waals surface area contributed by atoms with Crippen LogP contribution < -0.4 is 4.74 Å². The molecule has 4 rings (SSSR count). The lowest BCUT2D eigenvalue weighted by molar-refractivity contribution is -0.0492. The van der Waals surface area contributed by atoms with Crippen LogP contribution in [-0.4, -0.2) is 42.7 Å². The first-order chi connectivity index (χ1) is 13.9. The molecule has 1 aromatic heterocycles. The molecular formula is C23H26N2O3. The summed E-state index contributed by atoms with van der Waals surface area (Å²) in [6.07, 6.45) is 3.39. The Labute approximate surface area is 166 Å². The number of pyridine rings is 1. The second-order valence-electron chi connectivity index (χ2n) is 7.07. The largest absolute Gasteiger partial charge is 0.487 e. The molecule has 28 heavy (non-hydrogen) atoms.